The number of hydrogen-bond acceptors (Lipinski definition) is 4. The first-order valence-electron chi connectivity index (χ1n) is 8.94. The van der Waals surface area contributed by atoms with E-state index < -0.39 is 10.0 Å². The molecule has 130 valence electrons. The molecule has 0 saturated carbocycles. The van der Waals surface area contributed by atoms with E-state index in [0.717, 1.165) is 58.0 Å². The molecule has 0 spiro atoms. The largest absolute Gasteiger partial charge is 0.303 e. The third-order valence-corrected chi connectivity index (χ3v) is 6.97. The molecule has 2 rings (SSSR count). The molecule has 0 aromatic rings. The zero-order valence-corrected chi connectivity index (χ0v) is 15.2. The first kappa shape index (κ1) is 18.2. The van der Waals surface area contributed by atoms with Gasteiger partial charge in [-0.1, -0.05) is 13.8 Å². The summed E-state index contributed by atoms with van der Waals surface area (Å²) in [5.41, 5.74) is 0. The average molecular weight is 332 g/mol. The molecule has 0 radical (unpaired) electrons. The van der Waals surface area contributed by atoms with E-state index in [2.05, 4.69) is 23.6 Å². The Balaban J connectivity index is 1.68. The number of piperidine rings is 1. The van der Waals surface area contributed by atoms with E-state index in [1.165, 1.54) is 12.8 Å². The molecular formula is C16H33N3O2S. The van der Waals surface area contributed by atoms with Gasteiger partial charge < -0.3 is 9.80 Å². The van der Waals surface area contributed by atoms with Crippen molar-refractivity contribution in [2.75, 3.05) is 58.1 Å². The number of hydrogen-bond donors (Lipinski definition) is 0. The van der Waals surface area contributed by atoms with Gasteiger partial charge in [-0.3, -0.25) is 0 Å². The topological polar surface area (TPSA) is 43.9 Å². The summed E-state index contributed by atoms with van der Waals surface area (Å²) in [6, 6.07) is 0. The smallest absolute Gasteiger partial charge is 0.214 e. The Morgan fingerprint density at radius 2 is 1.50 bits per heavy atom. The van der Waals surface area contributed by atoms with Crippen molar-refractivity contribution in [2.45, 2.75) is 39.5 Å². The average Bonchev–Trinajstić information content (AvgIpc) is 2.50. The summed E-state index contributed by atoms with van der Waals surface area (Å²) >= 11 is 0. The van der Waals surface area contributed by atoms with Crippen LogP contribution in [0.25, 0.3) is 0 Å². The quantitative estimate of drug-likeness (QED) is 0.708. The number of rotatable bonds is 7. The molecule has 0 unspecified atom stereocenters. The first-order valence-corrected chi connectivity index (χ1v) is 10.5. The summed E-state index contributed by atoms with van der Waals surface area (Å²) in [5.74, 6) is 1.15. The van der Waals surface area contributed by atoms with E-state index in [1.807, 2.05) is 0 Å². The number of sulfonamides is 1. The molecule has 2 aliphatic rings. The SMILES string of the molecule is CCCN1CCN(S(=O)(=O)CCCN2CCC(C)CC2)CC1. The van der Waals surface area contributed by atoms with Crippen LogP contribution < -0.4 is 0 Å². The fraction of sp³-hybridized carbons (Fsp3) is 1.00. The molecule has 0 N–H and O–H groups in total. The summed E-state index contributed by atoms with van der Waals surface area (Å²) in [6.07, 6.45) is 4.42. The summed E-state index contributed by atoms with van der Waals surface area (Å²) in [5, 5.41) is 0. The van der Waals surface area contributed by atoms with Gasteiger partial charge in [0.1, 0.15) is 0 Å². The summed E-state index contributed by atoms with van der Waals surface area (Å²) in [7, 11) is -3.05. The number of nitrogens with zero attached hydrogens (tertiary/aromatic N) is 3. The lowest BCUT2D eigenvalue weighted by Gasteiger charge is -2.34. The monoisotopic (exact) mass is 331 g/mol. The van der Waals surface area contributed by atoms with Crippen LogP contribution in [0.4, 0.5) is 0 Å². The maximum Gasteiger partial charge on any atom is 0.214 e. The number of piperazine rings is 1. The van der Waals surface area contributed by atoms with Crippen LogP contribution in [0.2, 0.25) is 0 Å². The molecule has 0 amide bonds. The third kappa shape index (κ3) is 5.48. The van der Waals surface area contributed by atoms with Gasteiger partial charge in [0.2, 0.25) is 10.0 Å². The van der Waals surface area contributed by atoms with Gasteiger partial charge in [-0.05, 0) is 57.8 Å². The Kier molecular flexibility index (Phi) is 7.12. The first-order chi connectivity index (χ1) is 10.5. The summed E-state index contributed by atoms with van der Waals surface area (Å²) < 4.78 is 26.6. The Hall–Kier alpha value is -0.170. The molecule has 6 heteroatoms. The zero-order valence-electron chi connectivity index (χ0n) is 14.3. The van der Waals surface area contributed by atoms with E-state index in [9.17, 15) is 8.42 Å². The molecule has 2 fully saturated rings. The van der Waals surface area contributed by atoms with Crippen molar-refractivity contribution in [2.24, 2.45) is 5.92 Å². The fourth-order valence-corrected chi connectivity index (χ4v) is 4.90. The lowest BCUT2D eigenvalue weighted by molar-refractivity contribution is 0.186. The van der Waals surface area contributed by atoms with Crippen molar-refractivity contribution in [3.8, 4) is 0 Å². The second kappa shape index (κ2) is 8.62. The van der Waals surface area contributed by atoms with Crippen LogP contribution in [0.15, 0.2) is 0 Å². The van der Waals surface area contributed by atoms with E-state index >= 15 is 0 Å². The highest BCUT2D eigenvalue weighted by Gasteiger charge is 2.26. The standard InChI is InChI=1S/C16H33N3O2S/c1-3-7-17-11-13-19(14-12-17)22(20,21)15-4-8-18-9-5-16(2)6-10-18/h16H,3-15H2,1-2H3. The van der Waals surface area contributed by atoms with Crippen LogP contribution in [0, 0.1) is 5.92 Å². The lowest BCUT2D eigenvalue weighted by atomic mass is 9.99. The molecule has 0 atom stereocenters. The molecule has 2 saturated heterocycles. The van der Waals surface area contributed by atoms with Crippen molar-refractivity contribution < 1.29 is 8.42 Å². The lowest BCUT2D eigenvalue weighted by Crippen LogP contribution is -2.49. The zero-order chi connectivity index (χ0) is 16.0. The minimum Gasteiger partial charge on any atom is -0.303 e. The fourth-order valence-electron chi connectivity index (χ4n) is 3.43. The van der Waals surface area contributed by atoms with Gasteiger partial charge in [0, 0.05) is 26.2 Å². The normalized spacial score (nSPS) is 23.9. The highest BCUT2D eigenvalue weighted by molar-refractivity contribution is 7.89. The van der Waals surface area contributed by atoms with Gasteiger partial charge in [-0.2, -0.15) is 4.31 Å². The van der Waals surface area contributed by atoms with Crippen LogP contribution >= 0.6 is 0 Å². The van der Waals surface area contributed by atoms with Crippen molar-refractivity contribution in [1.82, 2.24) is 14.1 Å². The molecule has 0 aromatic heterocycles. The van der Waals surface area contributed by atoms with E-state index in [-0.39, 0.29) is 0 Å². The Morgan fingerprint density at radius 3 is 2.09 bits per heavy atom. The Bertz CT molecular complexity index is 411. The molecule has 2 aliphatic heterocycles. The highest BCUT2D eigenvalue weighted by atomic mass is 32.2. The molecule has 2 heterocycles. The van der Waals surface area contributed by atoms with Crippen LogP contribution in [-0.2, 0) is 10.0 Å². The highest BCUT2D eigenvalue weighted by Crippen LogP contribution is 2.16. The van der Waals surface area contributed by atoms with Crippen LogP contribution in [0.1, 0.15) is 39.5 Å². The van der Waals surface area contributed by atoms with Gasteiger partial charge in [-0.15, -0.1) is 0 Å². The van der Waals surface area contributed by atoms with E-state index in [0.29, 0.717) is 18.8 Å². The molecule has 0 aliphatic carbocycles. The van der Waals surface area contributed by atoms with Gasteiger partial charge in [0.15, 0.2) is 0 Å². The van der Waals surface area contributed by atoms with Crippen LogP contribution in [0.3, 0.4) is 0 Å². The maximum absolute atomic E-state index is 12.4. The van der Waals surface area contributed by atoms with Gasteiger partial charge in [0.25, 0.3) is 0 Å². The van der Waals surface area contributed by atoms with Crippen molar-refractivity contribution in [1.29, 1.82) is 0 Å². The van der Waals surface area contributed by atoms with Gasteiger partial charge in [-0.25, -0.2) is 8.42 Å². The molecule has 0 aromatic carbocycles. The van der Waals surface area contributed by atoms with Gasteiger partial charge in [0.05, 0.1) is 5.75 Å². The summed E-state index contributed by atoms with van der Waals surface area (Å²) in [4.78, 5) is 4.79. The second-order valence-electron chi connectivity index (χ2n) is 6.93. The summed E-state index contributed by atoms with van der Waals surface area (Å²) in [6.45, 7) is 11.9. The van der Waals surface area contributed by atoms with Crippen LogP contribution in [-0.4, -0.2) is 80.6 Å². The predicted molar refractivity (Wildman–Crippen MR) is 91.5 cm³/mol. The van der Waals surface area contributed by atoms with Gasteiger partial charge >= 0.3 is 0 Å². The van der Waals surface area contributed by atoms with Crippen molar-refractivity contribution >= 4 is 10.0 Å². The molecule has 22 heavy (non-hydrogen) atoms. The molecule has 5 nitrogen and oxygen atoms in total. The van der Waals surface area contributed by atoms with E-state index in [1.54, 1.807) is 4.31 Å². The van der Waals surface area contributed by atoms with Crippen molar-refractivity contribution in [3.05, 3.63) is 0 Å². The molecular weight excluding hydrogens is 298 g/mol. The maximum atomic E-state index is 12.4. The Morgan fingerprint density at radius 1 is 0.909 bits per heavy atom. The third-order valence-electron chi connectivity index (χ3n) is 5.02. The number of likely N-dealkylation sites (tertiary alicyclic amines) is 1. The van der Waals surface area contributed by atoms with Crippen molar-refractivity contribution in [3.63, 3.8) is 0 Å². The Labute approximate surface area is 136 Å². The van der Waals surface area contributed by atoms with E-state index in [4.69, 9.17) is 0 Å². The second-order valence-corrected chi connectivity index (χ2v) is 9.02. The molecule has 0 bridgehead atoms. The predicted octanol–water partition coefficient (Wildman–Crippen LogP) is 1.47. The minimum absolute atomic E-state index is 0.312. The minimum atomic E-state index is -3.05. The van der Waals surface area contributed by atoms with Crippen LogP contribution in [0.5, 0.6) is 0 Å².